The number of nitrogens with zero attached hydrogens (tertiary/aromatic N) is 2. The van der Waals surface area contributed by atoms with Crippen molar-refractivity contribution in [2.45, 2.75) is 32.1 Å². The van der Waals surface area contributed by atoms with Crippen LogP contribution >= 0.6 is 0 Å². The average molecular weight is 264 g/mol. The zero-order valence-corrected chi connectivity index (χ0v) is 11.8. The second-order valence-corrected chi connectivity index (χ2v) is 6.29. The Balaban J connectivity index is 1.81. The summed E-state index contributed by atoms with van der Waals surface area (Å²) in [5.74, 6) is 1.16. The molecule has 2 aliphatic rings. The lowest BCUT2D eigenvalue weighted by Gasteiger charge is -2.42. The quantitative estimate of drug-likeness (QED) is 0.762. The molecule has 0 atom stereocenters. The van der Waals surface area contributed by atoms with Crippen LogP contribution in [0.1, 0.15) is 31.2 Å². The topological polar surface area (TPSA) is 16.1 Å². The van der Waals surface area contributed by atoms with E-state index < -0.39 is 0 Å². The first-order valence-corrected chi connectivity index (χ1v) is 7.63. The van der Waals surface area contributed by atoms with Gasteiger partial charge in [-0.1, -0.05) is 37.1 Å². The van der Waals surface area contributed by atoms with Gasteiger partial charge in [-0.3, -0.25) is 0 Å². The molecule has 1 spiro atoms. The maximum Gasteiger partial charge on any atom is 0.136 e. The van der Waals surface area contributed by atoms with E-state index >= 15 is 0 Å². The van der Waals surface area contributed by atoms with Gasteiger partial charge < -0.3 is 4.90 Å². The maximum absolute atomic E-state index is 4.66. The fraction of sp³-hybridized carbons (Fsp3) is 0.389. The molecule has 2 nitrogen and oxygen atoms in total. The van der Waals surface area contributed by atoms with Crippen LogP contribution in [0.2, 0.25) is 0 Å². The summed E-state index contributed by atoms with van der Waals surface area (Å²) in [6.07, 6.45) is 8.63. The summed E-state index contributed by atoms with van der Waals surface area (Å²) in [4.78, 5) is 7.09. The average Bonchev–Trinajstić information content (AvgIpc) is 2.95. The molecular weight excluding hydrogens is 244 g/mol. The monoisotopic (exact) mass is 264 g/mol. The van der Waals surface area contributed by atoms with E-state index in [4.69, 9.17) is 0 Å². The van der Waals surface area contributed by atoms with Gasteiger partial charge in [0.25, 0.3) is 0 Å². The van der Waals surface area contributed by atoms with E-state index in [0.717, 1.165) is 12.4 Å². The first-order valence-electron chi connectivity index (χ1n) is 7.63. The van der Waals surface area contributed by atoms with Crippen molar-refractivity contribution < 1.29 is 0 Å². The molecule has 102 valence electrons. The van der Waals surface area contributed by atoms with Crippen molar-refractivity contribution in [1.82, 2.24) is 4.98 Å². The maximum atomic E-state index is 4.66. The smallest absolute Gasteiger partial charge is 0.136 e. The number of aromatic nitrogens is 1. The van der Waals surface area contributed by atoms with E-state index in [9.17, 15) is 0 Å². The second-order valence-electron chi connectivity index (χ2n) is 6.29. The van der Waals surface area contributed by atoms with Gasteiger partial charge >= 0.3 is 0 Å². The third kappa shape index (κ3) is 1.91. The highest BCUT2D eigenvalue weighted by atomic mass is 15.2. The fourth-order valence-electron chi connectivity index (χ4n) is 3.96. The summed E-state index contributed by atoms with van der Waals surface area (Å²) in [6, 6.07) is 15.1. The minimum absolute atomic E-state index is 0.478. The van der Waals surface area contributed by atoms with Crippen molar-refractivity contribution in [2.24, 2.45) is 5.41 Å². The molecule has 1 aliphatic heterocycles. The van der Waals surface area contributed by atoms with Crippen LogP contribution in [-0.4, -0.2) is 11.5 Å². The number of benzene rings is 1. The molecule has 0 amide bonds. The Morgan fingerprint density at radius 2 is 1.75 bits per heavy atom. The Bertz CT molecular complexity index is 600. The van der Waals surface area contributed by atoms with Crippen LogP contribution in [0, 0.1) is 5.41 Å². The number of rotatable bonds is 1. The minimum atomic E-state index is 0.478. The molecule has 1 aromatic heterocycles. The first-order chi connectivity index (χ1) is 9.86. The van der Waals surface area contributed by atoms with Crippen molar-refractivity contribution in [2.75, 3.05) is 11.4 Å². The summed E-state index contributed by atoms with van der Waals surface area (Å²) in [5.41, 5.74) is 3.18. The molecule has 2 heteroatoms. The summed E-state index contributed by atoms with van der Waals surface area (Å²) in [7, 11) is 0. The molecule has 1 fully saturated rings. The Labute approximate surface area is 120 Å². The molecule has 0 radical (unpaired) electrons. The highest BCUT2D eigenvalue weighted by Gasteiger charge is 2.40. The molecule has 1 saturated carbocycles. The predicted molar refractivity (Wildman–Crippen MR) is 82.3 cm³/mol. The van der Waals surface area contributed by atoms with Crippen LogP contribution in [-0.2, 0) is 6.42 Å². The van der Waals surface area contributed by atoms with E-state index in [1.807, 2.05) is 6.20 Å². The van der Waals surface area contributed by atoms with Crippen LogP contribution in [0.5, 0.6) is 0 Å². The van der Waals surface area contributed by atoms with Crippen molar-refractivity contribution in [3.05, 3.63) is 54.2 Å². The largest absolute Gasteiger partial charge is 0.326 e. The number of hydrogen-bond acceptors (Lipinski definition) is 2. The second kappa shape index (κ2) is 4.62. The van der Waals surface area contributed by atoms with E-state index in [2.05, 4.69) is 52.3 Å². The van der Waals surface area contributed by atoms with Gasteiger partial charge in [-0.25, -0.2) is 4.98 Å². The van der Waals surface area contributed by atoms with Crippen LogP contribution in [0.15, 0.2) is 48.7 Å². The molecule has 2 heterocycles. The number of para-hydroxylation sites is 1. The summed E-state index contributed by atoms with van der Waals surface area (Å²) in [5, 5.41) is 0. The van der Waals surface area contributed by atoms with Crippen molar-refractivity contribution in [1.29, 1.82) is 0 Å². The summed E-state index contributed by atoms with van der Waals surface area (Å²) in [6.45, 7) is 1.13. The summed E-state index contributed by atoms with van der Waals surface area (Å²) < 4.78 is 0. The van der Waals surface area contributed by atoms with Gasteiger partial charge in [0.1, 0.15) is 5.82 Å². The SMILES string of the molecule is c1ccc(N2CC3(CCCC3)Cc3cccnc32)cc1. The van der Waals surface area contributed by atoms with Gasteiger partial charge in [0.05, 0.1) is 0 Å². The van der Waals surface area contributed by atoms with E-state index in [1.165, 1.54) is 43.4 Å². The van der Waals surface area contributed by atoms with E-state index in [-0.39, 0.29) is 0 Å². The van der Waals surface area contributed by atoms with Crippen LogP contribution in [0.25, 0.3) is 0 Å². The standard InChI is InChI=1S/C18H20N2/c1-2-8-16(9-3-1)20-14-18(10-4-5-11-18)13-15-7-6-12-19-17(15)20/h1-3,6-9,12H,4-5,10-11,13-14H2. The van der Waals surface area contributed by atoms with E-state index in [0.29, 0.717) is 5.41 Å². The highest BCUT2D eigenvalue weighted by Crippen LogP contribution is 2.48. The molecular formula is C18H20N2. The van der Waals surface area contributed by atoms with Gasteiger partial charge in [0.15, 0.2) is 0 Å². The lowest BCUT2D eigenvalue weighted by Crippen LogP contribution is -2.40. The molecule has 0 bridgehead atoms. The molecule has 0 unspecified atom stereocenters. The summed E-state index contributed by atoms with van der Waals surface area (Å²) >= 11 is 0. The lowest BCUT2D eigenvalue weighted by atomic mass is 9.77. The molecule has 20 heavy (non-hydrogen) atoms. The zero-order valence-electron chi connectivity index (χ0n) is 11.8. The molecule has 0 N–H and O–H groups in total. The Morgan fingerprint density at radius 1 is 0.950 bits per heavy atom. The first kappa shape index (κ1) is 12.0. The fourth-order valence-corrected chi connectivity index (χ4v) is 3.96. The van der Waals surface area contributed by atoms with Crippen LogP contribution in [0.4, 0.5) is 11.5 Å². The number of anilines is 2. The van der Waals surface area contributed by atoms with Crippen LogP contribution in [0.3, 0.4) is 0 Å². The van der Waals surface area contributed by atoms with Gasteiger partial charge in [-0.05, 0) is 48.4 Å². The normalized spacial score (nSPS) is 20.1. The van der Waals surface area contributed by atoms with Crippen molar-refractivity contribution >= 4 is 11.5 Å². The van der Waals surface area contributed by atoms with Gasteiger partial charge in [-0.15, -0.1) is 0 Å². The zero-order chi connectivity index (χ0) is 13.4. The molecule has 2 aromatic rings. The van der Waals surface area contributed by atoms with Gasteiger partial charge in [0.2, 0.25) is 0 Å². The third-order valence-electron chi connectivity index (χ3n) is 4.91. The Kier molecular flexibility index (Phi) is 2.76. The molecule has 0 saturated heterocycles. The Morgan fingerprint density at radius 3 is 2.55 bits per heavy atom. The lowest BCUT2D eigenvalue weighted by molar-refractivity contribution is 0.293. The van der Waals surface area contributed by atoms with Gasteiger partial charge in [-0.2, -0.15) is 0 Å². The number of pyridine rings is 1. The molecule has 1 aromatic carbocycles. The predicted octanol–water partition coefficient (Wildman–Crippen LogP) is 4.34. The Hall–Kier alpha value is -1.83. The third-order valence-corrected chi connectivity index (χ3v) is 4.91. The van der Waals surface area contributed by atoms with Gasteiger partial charge in [0, 0.05) is 18.4 Å². The molecule has 4 rings (SSSR count). The van der Waals surface area contributed by atoms with Crippen LogP contribution < -0.4 is 4.90 Å². The minimum Gasteiger partial charge on any atom is -0.326 e. The molecule has 1 aliphatic carbocycles. The van der Waals surface area contributed by atoms with Crippen molar-refractivity contribution in [3.8, 4) is 0 Å². The van der Waals surface area contributed by atoms with Crippen molar-refractivity contribution in [3.63, 3.8) is 0 Å². The number of fused-ring (bicyclic) bond motifs is 1. The van der Waals surface area contributed by atoms with E-state index in [1.54, 1.807) is 0 Å². The highest BCUT2D eigenvalue weighted by molar-refractivity contribution is 5.64. The number of hydrogen-bond donors (Lipinski definition) is 0.